The van der Waals surface area contributed by atoms with Crippen molar-refractivity contribution in [3.05, 3.63) is 23.3 Å². The maximum absolute atomic E-state index is 13.4. The van der Waals surface area contributed by atoms with E-state index in [2.05, 4.69) is 13.8 Å². The van der Waals surface area contributed by atoms with Gasteiger partial charge in [0, 0.05) is 30.1 Å². The fourth-order valence-electron chi connectivity index (χ4n) is 6.78. The highest BCUT2D eigenvalue weighted by atomic mass is 16.5. The normalized spacial score (nSPS) is 41.7. The number of carbonyl (C=O) groups excluding carboxylic acids is 3. The summed E-state index contributed by atoms with van der Waals surface area (Å²) in [5.41, 5.74) is 1.90. The first-order chi connectivity index (χ1) is 12.7. The maximum atomic E-state index is 13.4. The van der Waals surface area contributed by atoms with Crippen LogP contribution in [0, 0.1) is 28.6 Å². The van der Waals surface area contributed by atoms with Crippen LogP contribution in [0.1, 0.15) is 66.2 Å². The van der Waals surface area contributed by atoms with Gasteiger partial charge in [-0.2, -0.15) is 0 Å². The molecule has 0 N–H and O–H groups in total. The molecule has 2 fully saturated rings. The Hall–Kier alpha value is -1.71. The summed E-state index contributed by atoms with van der Waals surface area (Å²) in [6.07, 6.45) is 8.83. The first kappa shape index (κ1) is 18.6. The van der Waals surface area contributed by atoms with E-state index in [9.17, 15) is 14.4 Å². The van der Waals surface area contributed by atoms with Gasteiger partial charge in [-0.1, -0.05) is 25.0 Å². The number of ether oxygens (including phenoxy) is 1. The van der Waals surface area contributed by atoms with E-state index in [4.69, 9.17) is 4.74 Å². The summed E-state index contributed by atoms with van der Waals surface area (Å²) in [6, 6.07) is 0. The van der Waals surface area contributed by atoms with Crippen LogP contribution in [0.2, 0.25) is 0 Å². The number of hydrogen-bond donors (Lipinski definition) is 0. The molecule has 0 amide bonds. The number of allylic oxidation sites excluding steroid dienone is 4. The van der Waals surface area contributed by atoms with Crippen molar-refractivity contribution in [1.29, 1.82) is 0 Å². The summed E-state index contributed by atoms with van der Waals surface area (Å²) in [5.74, 6) is 0.932. The predicted molar refractivity (Wildman–Crippen MR) is 102 cm³/mol. The van der Waals surface area contributed by atoms with Gasteiger partial charge in [0.15, 0.2) is 11.6 Å². The van der Waals surface area contributed by atoms with Crippen molar-refractivity contribution in [3.63, 3.8) is 0 Å². The van der Waals surface area contributed by atoms with E-state index in [1.165, 1.54) is 18.1 Å². The van der Waals surface area contributed by atoms with E-state index in [1.54, 1.807) is 0 Å². The highest BCUT2D eigenvalue weighted by Gasteiger charge is 2.60. The van der Waals surface area contributed by atoms with Gasteiger partial charge in [-0.3, -0.25) is 14.4 Å². The number of rotatable bonds is 2. The molecule has 0 spiro atoms. The van der Waals surface area contributed by atoms with Gasteiger partial charge in [0.25, 0.3) is 0 Å². The molecule has 1 unspecified atom stereocenters. The SMILES string of the molecule is CC(=O)OC(C)[C@H]1CC[C@H]2[C@@H]3CCC4=CC(=O)CC[C@]4(C)C3=CC(=O)[C@]12C. The zero-order valence-electron chi connectivity index (χ0n) is 16.8. The van der Waals surface area contributed by atoms with E-state index in [0.29, 0.717) is 18.3 Å². The lowest BCUT2D eigenvalue weighted by molar-refractivity contribution is -0.153. The van der Waals surface area contributed by atoms with Gasteiger partial charge >= 0.3 is 5.97 Å². The first-order valence-electron chi connectivity index (χ1n) is 10.4. The smallest absolute Gasteiger partial charge is 0.302 e. The molecule has 0 heterocycles. The Morgan fingerprint density at radius 1 is 1.15 bits per heavy atom. The summed E-state index contributed by atoms with van der Waals surface area (Å²) in [5, 5.41) is 0. The lowest BCUT2D eigenvalue weighted by Gasteiger charge is -2.53. The summed E-state index contributed by atoms with van der Waals surface area (Å²) in [4.78, 5) is 36.8. The molecule has 0 radical (unpaired) electrons. The Labute approximate surface area is 161 Å². The molecule has 0 saturated heterocycles. The molecule has 4 rings (SSSR count). The van der Waals surface area contributed by atoms with Gasteiger partial charge in [0.05, 0.1) is 0 Å². The van der Waals surface area contributed by atoms with Gasteiger partial charge in [-0.05, 0) is 63.0 Å². The van der Waals surface area contributed by atoms with Crippen molar-refractivity contribution in [2.45, 2.75) is 72.3 Å². The highest BCUT2D eigenvalue weighted by molar-refractivity contribution is 5.98. The fraction of sp³-hybridized carbons (Fsp3) is 0.696. The molecule has 0 bridgehead atoms. The molecule has 4 aliphatic carbocycles. The van der Waals surface area contributed by atoms with Crippen LogP contribution in [0.4, 0.5) is 0 Å². The second-order valence-electron chi connectivity index (χ2n) is 9.46. The maximum Gasteiger partial charge on any atom is 0.302 e. The van der Waals surface area contributed by atoms with Crippen LogP contribution in [0.3, 0.4) is 0 Å². The summed E-state index contributed by atoms with van der Waals surface area (Å²) >= 11 is 0. The quantitative estimate of drug-likeness (QED) is 0.684. The minimum Gasteiger partial charge on any atom is -0.463 e. The van der Waals surface area contributed by atoms with E-state index >= 15 is 0 Å². The topological polar surface area (TPSA) is 60.4 Å². The molecule has 4 nitrogen and oxygen atoms in total. The van der Waals surface area contributed by atoms with Crippen molar-refractivity contribution < 1.29 is 19.1 Å². The number of carbonyl (C=O) groups is 3. The molecule has 27 heavy (non-hydrogen) atoms. The molecule has 0 aliphatic heterocycles. The monoisotopic (exact) mass is 370 g/mol. The van der Waals surface area contributed by atoms with Crippen LogP contribution in [-0.2, 0) is 19.1 Å². The van der Waals surface area contributed by atoms with E-state index in [-0.39, 0.29) is 35.0 Å². The minimum absolute atomic E-state index is 0.0781. The summed E-state index contributed by atoms with van der Waals surface area (Å²) in [7, 11) is 0. The van der Waals surface area contributed by atoms with Gasteiger partial charge in [0.1, 0.15) is 6.10 Å². The van der Waals surface area contributed by atoms with Crippen molar-refractivity contribution in [2.24, 2.45) is 28.6 Å². The minimum atomic E-state index is -0.453. The standard InChI is InChI=1S/C23H30O4/c1-13(27-14(2)24)18-7-8-19-17-6-5-15-11-16(25)9-10-22(15,3)20(17)12-21(26)23(18,19)4/h11-13,17-19H,5-10H2,1-4H3/t13?,17-,18+,19-,22-,23+/m0/s1. The first-order valence-corrected chi connectivity index (χ1v) is 10.4. The van der Waals surface area contributed by atoms with Gasteiger partial charge in [-0.15, -0.1) is 0 Å². The molecule has 146 valence electrons. The van der Waals surface area contributed by atoms with Crippen LogP contribution in [0.15, 0.2) is 23.3 Å². The Kier molecular flexibility index (Phi) is 4.25. The molecule has 6 atom stereocenters. The summed E-state index contributed by atoms with van der Waals surface area (Å²) in [6.45, 7) is 7.70. The molecule has 4 heteroatoms. The third kappa shape index (κ3) is 2.59. The van der Waals surface area contributed by atoms with Crippen molar-refractivity contribution >= 4 is 17.5 Å². The Balaban J connectivity index is 1.72. The second kappa shape index (κ2) is 6.15. The van der Waals surface area contributed by atoms with E-state index < -0.39 is 5.41 Å². The third-order valence-corrected chi connectivity index (χ3v) is 8.23. The van der Waals surface area contributed by atoms with Crippen LogP contribution < -0.4 is 0 Å². The molecule has 0 aromatic rings. The Bertz CT molecular complexity index is 775. The molecule has 2 saturated carbocycles. The van der Waals surface area contributed by atoms with Gasteiger partial charge < -0.3 is 4.74 Å². The van der Waals surface area contributed by atoms with Crippen LogP contribution >= 0.6 is 0 Å². The second-order valence-corrected chi connectivity index (χ2v) is 9.46. The molecular weight excluding hydrogens is 340 g/mol. The third-order valence-electron chi connectivity index (χ3n) is 8.23. The lowest BCUT2D eigenvalue weighted by Crippen LogP contribution is -2.50. The zero-order valence-corrected chi connectivity index (χ0v) is 16.8. The lowest BCUT2D eigenvalue weighted by atomic mass is 9.50. The molecule has 4 aliphatic rings. The van der Waals surface area contributed by atoms with Gasteiger partial charge in [-0.25, -0.2) is 0 Å². The van der Waals surface area contributed by atoms with Gasteiger partial charge in [0.2, 0.25) is 0 Å². The van der Waals surface area contributed by atoms with Crippen molar-refractivity contribution in [3.8, 4) is 0 Å². The predicted octanol–water partition coefficient (Wildman–Crippen LogP) is 4.19. The fourth-order valence-corrected chi connectivity index (χ4v) is 6.78. The van der Waals surface area contributed by atoms with Crippen molar-refractivity contribution in [1.82, 2.24) is 0 Å². The highest BCUT2D eigenvalue weighted by Crippen LogP contribution is 2.64. The van der Waals surface area contributed by atoms with Crippen LogP contribution in [-0.4, -0.2) is 23.6 Å². The Morgan fingerprint density at radius 3 is 2.59 bits per heavy atom. The number of fused-ring (bicyclic) bond motifs is 5. The van der Waals surface area contributed by atoms with E-state index in [0.717, 1.165) is 32.1 Å². The average molecular weight is 370 g/mol. The molecular formula is C23H30O4. The van der Waals surface area contributed by atoms with Crippen LogP contribution in [0.25, 0.3) is 0 Å². The average Bonchev–Trinajstić information content (AvgIpc) is 2.95. The Morgan fingerprint density at radius 2 is 1.89 bits per heavy atom. The zero-order chi connectivity index (χ0) is 19.6. The molecule has 0 aromatic heterocycles. The number of ketones is 2. The number of esters is 1. The van der Waals surface area contributed by atoms with E-state index in [1.807, 2.05) is 19.1 Å². The summed E-state index contributed by atoms with van der Waals surface area (Å²) < 4.78 is 5.49. The number of hydrogen-bond acceptors (Lipinski definition) is 4. The van der Waals surface area contributed by atoms with Crippen LogP contribution in [0.5, 0.6) is 0 Å². The largest absolute Gasteiger partial charge is 0.463 e. The van der Waals surface area contributed by atoms with Crippen molar-refractivity contribution in [2.75, 3.05) is 0 Å². The molecule has 0 aromatic carbocycles.